The van der Waals surface area contributed by atoms with Gasteiger partial charge in [-0.15, -0.1) is 0 Å². The first-order chi connectivity index (χ1) is 17.8. The zero-order valence-electron chi connectivity index (χ0n) is 21.9. The van der Waals surface area contributed by atoms with Crippen molar-refractivity contribution in [1.82, 2.24) is 14.4 Å². The fourth-order valence-corrected chi connectivity index (χ4v) is 6.42. The maximum absolute atomic E-state index is 13.6. The highest BCUT2D eigenvalue weighted by Crippen LogP contribution is 2.39. The number of nitrogens with zero attached hydrogens (tertiary/aromatic N) is 5. The van der Waals surface area contributed by atoms with Gasteiger partial charge in [0.2, 0.25) is 0 Å². The third-order valence-electron chi connectivity index (χ3n) is 7.18. The van der Waals surface area contributed by atoms with Crippen LogP contribution in [0, 0.1) is 18.3 Å². The number of amides is 1. The molecule has 0 N–H and O–H groups in total. The molecule has 2 aliphatic rings. The van der Waals surface area contributed by atoms with E-state index in [1.165, 1.54) is 11.8 Å². The summed E-state index contributed by atoms with van der Waals surface area (Å²) in [4.78, 5) is 33.8. The largest absolute Gasteiger partial charge is 0.355 e. The Kier molecular flexibility index (Phi) is 8.53. The number of rotatable bonds is 7. The summed E-state index contributed by atoms with van der Waals surface area (Å²) in [5.74, 6) is 0.639. The van der Waals surface area contributed by atoms with Gasteiger partial charge >= 0.3 is 0 Å². The van der Waals surface area contributed by atoms with Crippen molar-refractivity contribution < 1.29 is 4.79 Å². The molecule has 1 atom stereocenters. The first kappa shape index (κ1) is 27.1. The van der Waals surface area contributed by atoms with E-state index in [0.29, 0.717) is 21.3 Å². The molecule has 2 aliphatic heterocycles. The first-order valence-electron chi connectivity index (χ1n) is 12.8. The summed E-state index contributed by atoms with van der Waals surface area (Å²) in [7, 11) is 0. The van der Waals surface area contributed by atoms with Gasteiger partial charge in [0.05, 0.1) is 10.9 Å². The van der Waals surface area contributed by atoms with Gasteiger partial charge in [0.15, 0.2) is 0 Å². The Labute approximate surface area is 228 Å². The maximum atomic E-state index is 13.6. The van der Waals surface area contributed by atoms with E-state index >= 15 is 0 Å². The molecule has 194 valence electrons. The van der Waals surface area contributed by atoms with Crippen LogP contribution < -0.4 is 10.5 Å². The fraction of sp³-hybridized carbons (Fsp3) is 0.429. The molecule has 0 radical (unpaired) electrons. The lowest BCUT2D eigenvalue weighted by atomic mass is 10.0. The number of thioether (sulfide) groups is 1. The molecule has 1 amide bonds. The van der Waals surface area contributed by atoms with Crippen molar-refractivity contribution in [2.75, 3.05) is 37.6 Å². The van der Waals surface area contributed by atoms with Gasteiger partial charge in [-0.05, 0) is 44.0 Å². The lowest BCUT2D eigenvalue weighted by molar-refractivity contribution is -0.123. The second kappa shape index (κ2) is 11.6. The predicted molar refractivity (Wildman–Crippen MR) is 155 cm³/mol. The smallest absolute Gasteiger partial charge is 0.270 e. The van der Waals surface area contributed by atoms with Crippen LogP contribution in [0.2, 0.25) is 0 Å². The van der Waals surface area contributed by atoms with Crippen LogP contribution in [-0.2, 0) is 11.3 Å². The van der Waals surface area contributed by atoms with Gasteiger partial charge < -0.3 is 9.80 Å². The number of hydrogen-bond acceptors (Lipinski definition) is 7. The summed E-state index contributed by atoms with van der Waals surface area (Å²) in [6.45, 7) is 12.8. The van der Waals surface area contributed by atoms with Crippen LogP contribution in [0.1, 0.15) is 55.5 Å². The average Bonchev–Trinajstić information content (AvgIpc) is 3.19. The van der Waals surface area contributed by atoms with Crippen LogP contribution in [0.15, 0.2) is 40.0 Å². The van der Waals surface area contributed by atoms with Crippen LogP contribution >= 0.6 is 24.0 Å². The standard InChI is InChI=1S/C28H33N5O2S2/c1-5-12-32-25(31-15-13-30(6-2)14-16-31)22(19(3)23(18-29)26(32)34)17-24-27(35)33(28(36)37-24)20(4)21-10-8-7-9-11-21/h7-11,17,20H,5-6,12-16H2,1-4H3. The molecule has 0 spiro atoms. The molecule has 2 aromatic rings. The molecular weight excluding hydrogens is 502 g/mol. The number of carbonyl (C=O) groups is 1. The molecule has 1 aromatic heterocycles. The molecule has 37 heavy (non-hydrogen) atoms. The van der Waals surface area contributed by atoms with Gasteiger partial charge in [-0.1, -0.05) is 68.2 Å². The van der Waals surface area contributed by atoms with E-state index < -0.39 is 0 Å². The average molecular weight is 536 g/mol. The number of anilines is 1. The van der Waals surface area contributed by atoms with E-state index in [-0.39, 0.29) is 23.1 Å². The summed E-state index contributed by atoms with van der Waals surface area (Å²) < 4.78 is 2.23. The number of thiocarbonyl (C=S) groups is 1. The Balaban J connectivity index is 1.83. The maximum Gasteiger partial charge on any atom is 0.270 e. The minimum atomic E-state index is -0.267. The van der Waals surface area contributed by atoms with E-state index in [9.17, 15) is 14.9 Å². The summed E-state index contributed by atoms with van der Waals surface area (Å²) >= 11 is 6.92. The van der Waals surface area contributed by atoms with Crippen LogP contribution in [0.3, 0.4) is 0 Å². The van der Waals surface area contributed by atoms with Crippen LogP contribution in [-0.4, -0.2) is 57.3 Å². The van der Waals surface area contributed by atoms with Crippen molar-refractivity contribution in [3.8, 4) is 6.07 Å². The molecule has 4 rings (SSSR count). The predicted octanol–water partition coefficient (Wildman–Crippen LogP) is 4.54. The zero-order valence-corrected chi connectivity index (χ0v) is 23.5. The minimum Gasteiger partial charge on any atom is -0.355 e. The number of likely N-dealkylation sites (N-methyl/N-ethyl adjacent to an activating group) is 1. The Morgan fingerprint density at radius 1 is 1.14 bits per heavy atom. The first-order valence-corrected chi connectivity index (χ1v) is 14.0. The van der Waals surface area contributed by atoms with Crippen molar-refractivity contribution in [1.29, 1.82) is 5.26 Å². The van der Waals surface area contributed by atoms with E-state index in [2.05, 4.69) is 22.8 Å². The number of aromatic nitrogens is 1. The molecule has 0 bridgehead atoms. The number of carbonyl (C=O) groups excluding carboxylic acids is 1. The van der Waals surface area contributed by atoms with Crippen LogP contribution in [0.5, 0.6) is 0 Å². The minimum absolute atomic E-state index is 0.128. The molecule has 9 heteroatoms. The second-order valence-corrected chi connectivity index (χ2v) is 11.0. The number of hydrogen-bond donors (Lipinski definition) is 0. The summed E-state index contributed by atoms with van der Waals surface area (Å²) in [6.07, 6.45) is 2.60. The molecule has 2 saturated heterocycles. The number of piperazine rings is 1. The Morgan fingerprint density at radius 2 is 1.81 bits per heavy atom. The lowest BCUT2D eigenvalue weighted by Crippen LogP contribution is -2.48. The van der Waals surface area contributed by atoms with Crippen molar-refractivity contribution in [2.45, 2.75) is 46.7 Å². The summed E-state index contributed by atoms with van der Waals surface area (Å²) in [6, 6.07) is 11.8. The van der Waals surface area contributed by atoms with Crippen LogP contribution in [0.25, 0.3) is 6.08 Å². The monoisotopic (exact) mass is 535 g/mol. The molecule has 3 heterocycles. The third kappa shape index (κ3) is 5.24. The molecular formula is C28H33N5O2S2. The summed E-state index contributed by atoms with van der Waals surface area (Å²) in [5.41, 5.74) is 2.23. The highest BCUT2D eigenvalue weighted by molar-refractivity contribution is 8.26. The van der Waals surface area contributed by atoms with E-state index in [4.69, 9.17) is 12.2 Å². The van der Waals surface area contributed by atoms with Crippen molar-refractivity contribution in [2.24, 2.45) is 0 Å². The Morgan fingerprint density at radius 3 is 2.41 bits per heavy atom. The molecule has 2 fully saturated rings. The highest BCUT2D eigenvalue weighted by atomic mass is 32.2. The molecule has 1 unspecified atom stereocenters. The Hall–Kier alpha value is -2.93. The quantitative estimate of drug-likeness (QED) is 0.381. The fourth-order valence-electron chi connectivity index (χ4n) is 5.02. The number of nitriles is 1. The normalized spacial score (nSPS) is 18.5. The topological polar surface area (TPSA) is 72.6 Å². The van der Waals surface area contributed by atoms with Crippen LogP contribution in [0.4, 0.5) is 5.82 Å². The summed E-state index contributed by atoms with van der Waals surface area (Å²) in [5, 5.41) is 9.87. The molecule has 0 saturated carbocycles. The second-order valence-electron chi connectivity index (χ2n) is 9.37. The van der Waals surface area contributed by atoms with Gasteiger partial charge in [-0.25, -0.2) is 0 Å². The molecule has 7 nitrogen and oxygen atoms in total. The van der Waals surface area contributed by atoms with Gasteiger partial charge in [0.25, 0.3) is 11.5 Å². The van der Waals surface area contributed by atoms with Crippen molar-refractivity contribution >= 4 is 46.1 Å². The van der Waals surface area contributed by atoms with Gasteiger partial charge in [-0.2, -0.15) is 5.26 Å². The van der Waals surface area contributed by atoms with E-state index in [1.807, 2.05) is 50.3 Å². The molecule has 1 aromatic carbocycles. The zero-order chi connectivity index (χ0) is 26.7. The van der Waals surface area contributed by atoms with Gasteiger partial charge in [-0.3, -0.25) is 19.1 Å². The van der Waals surface area contributed by atoms with Crippen molar-refractivity contribution in [3.05, 3.63) is 67.8 Å². The third-order valence-corrected chi connectivity index (χ3v) is 8.51. The Bertz CT molecular complexity index is 1320. The van der Waals surface area contributed by atoms with E-state index in [1.54, 1.807) is 16.4 Å². The number of benzene rings is 1. The lowest BCUT2D eigenvalue weighted by Gasteiger charge is -2.37. The highest BCUT2D eigenvalue weighted by Gasteiger charge is 2.37. The molecule has 0 aliphatic carbocycles. The van der Waals surface area contributed by atoms with E-state index in [0.717, 1.165) is 56.1 Å². The van der Waals surface area contributed by atoms with Crippen molar-refractivity contribution in [3.63, 3.8) is 0 Å². The number of pyridine rings is 1. The van der Waals surface area contributed by atoms with Gasteiger partial charge in [0.1, 0.15) is 21.8 Å². The SMILES string of the molecule is CCCn1c(N2CCN(CC)CC2)c(C=C2SC(=S)N(C(C)c3ccccc3)C2=O)c(C)c(C#N)c1=O. The van der Waals surface area contributed by atoms with Gasteiger partial charge in [0, 0.05) is 38.3 Å².